The molecule has 7 heteroatoms. The van der Waals surface area contributed by atoms with E-state index in [9.17, 15) is 14.0 Å². The molecular weight excluding hydrogens is 425 g/mol. The second kappa shape index (κ2) is 9.48. The third kappa shape index (κ3) is 4.49. The zero-order valence-corrected chi connectivity index (χ0v) is 18.9. The molecule has 1 atom stereocenters. The van der Waals surface area contributed by atoms with E-state index in [4.69, 9.17) is 14.2 Å². The molecule has 0 fully saturated rings. The SMILES string of the molecule is COC(=O)C1=C(C)NC2=C(C(=O)CCC2)[C@H]1c1ccc(COc2ccc(F)cc2)c(OC)c1. The van der Waals surface area contributed by atoms with E-state index >= 15 is 0 Å². The van der Waals surface area contributed by atoms with Gasteiger partial charge in [-0.15, -0.1) is 0 Å². The molecule has 1 N–H and O–H groups in total. The Kier molecular flexibility index (Phi) is 6.49. The van der Waals surface area contributed by atoms with Crippen LogP contribution in [0.5, 0.6) is 11.5 Å². The molecule has 0 radical (unpaired) electrons. The zero-order chi connectivity index (χ0) is 23.5. The number of methoxy groups -OCH3 is 2. The summed E-state index contributed by atoms with van der Waals surface area (Å²) >= 11 is 0. The summed E-state index contributed by atoms with van der Waals surface area (Å²) < 4.78 is 29.6. The molecule has 172 valence electrons. The van der Waals surface area contributed by atoms with Crippen LogP contribution in [0.3, 0.4) is 0 Å². The fraction of sp³-hybridized carbons (Fsp3) is 0.308. The van der Waals surface area contributed by atoms with Crippen molar-refractivity contribution in [2.24, 2.45) is 0 Å². The summed E-state index contributed by atoms with van der Waals surface area (Å²) in [6.45, 7) is 2.04. The van der Waals surface area contributed by atoms with Gasteiger partial charge >= 0.3 is 5.97 Å². The Morgan fingerprint density at radius 3 is 2.58 bits per heavy atom. The number of ketones is 1. The first kappa shape index (κ1) is 22.6. The van der Waals surface area contributed by atoms with E-state index < -0.39 is 11.9 Å². The molecule has 4 rings (SSSR count). The van der Waals surface area contributed by atoms with Gasteiger partial charge in [-0.25, -0.2) is 9.18 Å². The van der Waals surface area contributed by atoms with Crippen LogP contribution in [-0.4, -0.2) is 26.0 Å². The molecule has 2 aromatic rings. The van der Waals surface area contributed by atoms with Crippen LogP contribution >= 0.6 is 0 Å². The van der Waals surface area contributed by atoms with Gasteiger partial charge in [0.05, 0.1) is 19.8 Å². The van der Waals surface area contributed by atoms with Crippen LogP contribution in [0.15, 0.2) is 65.0 Å². The van der Waals surface area contributed by atoms with E-state index in [0.717, 1.165) is 29.7 Å². The summed E-state index contributed by atoms with van der Waals surface area (Å²) in [4.78, 5) is 25.6. The topological polar surface area (TPSA) is 73.9 Å². The highest BCUT2D eigenvalue weighted by molar-refractivity contribution is 6.03. The lowest BCUT2D eigenvalue weighted by Gasteiger charge is -2.34. The van der Waals surface area contributed by atoms with Gasteiger partial charge in [-0.1, -0.05) is 12.1 Å². The minimum absolute atomic E-state index is 0.0327. The van der Waals surface area contributed by atoms with Crippen molar-refractivity contribution in [2.75, 3.05) is 14.2 Å². The number of benzene rings is 2. The standard InChI is InChI=1S/C26H26FNO5/c1-15-23(26(30)32-3)24(25-20(28-15)5-4-6-21(25)29)16-7-8-17(22(13-16)31-2)14-33-19-11-9-18(27)10-12-19/h7-13,24,28H,4-6,14H2,1-3H3/t24-/m0/s1. The van der Waals surface area contributed by atoms with Gasteiger partial charge in [-0.05, 0) is 55.7 Å². The maximum atomic E-state index is 13.1. The molecule has 0 saturated carbocycles. The summed E-state index contributed by atoms with van der Waals surface area (Å²) in [6, 6.07) is 11.4. The second-order valence-corrected chi connectivity index (χ2v) is 8.07. The van der Waals surface area contributed by atoms with Gasteiger partial charge in [0, 0.05) is 34.9 Å². The molecular formula is C26H26FNO5. The van der Waals surface area contributed by atoms with Crippen molar-refractivity contribution in [1.29, 1.82) is 0 Å². The van der Waals surface area contributed by atoms with Crippen molar-refractivity contribution in [3.8, 4) is 11.5 Å². The van der Waals surface area contributed by atoms with E-state index in [1.165, 1.54) is 19.2 Å². The van der Waals surface area contributed by atoms with Crippen LogP contribution in [0.1, 0.15) is 43.2 Å². The largest absolute Gasteiger partial charge is 0.496 e. The van der Waals surface area contributed by atoms with Gasteiger partial charge in [0.1, 0.15) is 23.9 Å². The highest BCUT2D eigenvalue weighted by Gasteiger charge is 2.39. The van der Waals surface area contributed by atoms with Gasteiger partial charge in [-0.2, -0.15) is 0 Å². The second-order valence-electron chi connectivity index (χ2n) is 8.07. The van der Waals surface area contributed by atoms with E-state index in [0.29, 0.717) is 34.8 Å². The van der Waals surface area contributed by atoms with E-state index in [1.807, 2.05) is 25.1 Å². The van der Waals surface area contributed by atoms with Crippen molar-refractivity contribution in [2.45, 2.75) is 38.7 Å². The van der Waals surface area contributed by atoms with E-state index in [2.05, 4.69) is 5.32 Å². The Morgan fingerprint density at radius 2 is 1.88 bits per heavy atom. The maximum absolute atomic E-state index is 13.1. The lowest BCUT2D eigenvalue weighted by molar-refractivity contribution is -0.136. The Bertz CT molecular complexity index is 1150. The van der Waals surface area contributed by atoms with Crippen molar-refractivity contribution >= 4 is 11.8 Å². The van der Waals surface area contributed by atoms with Gasteiger partial charge < -0.3 is 19.5 Å². The summed E-state index contributed by atoms with van der Waals surface area (Å²) in [7, 11) is 2.89. The van der Waals surface area contributed by atoms with Gasteiger partial charge in [0.25, 0.3) is 0 Å². The lowest BCUT2D eigenvalue weighted by Crippen LogP contribution is -2.34. The molecule has 0 spiro atoms. The molecule has 1 aliphatic heterocycles. The van der Waals surface area contributed by atoms with Crippen LogP contribution in [0.4, 0.5) is 4.39 Å². The molecule has 33 heavy (non-hydrogen) atoms. The van der Waals surface area contributed by atoms with Gasteiger partial charge in [0.2, 0.25) is 0 Å². The number of halogens is 1. The molecule has 0 saturated heterocycles. The number of nitrogens with one attached hydrogen (secondary N) is 1. The normalized spacial score (nSPS) is 17.9. The first-order valence-electron chi connectivity index (χ1n) is 10.8. The summed E-state index contributed by atoms with van der Waals surface area (Å²) in [6.07, 6.45) is 1.98. The van der Waals surface area contributed by atoms with Gasteiger partial charge in [0.15, 0.2) is 5.78 Å². The number of Topliss-reactive ketones (excluding diaryl/α,β-unsaturated/α-hetero) is 1. The van der Waals surface area contributed by atoms with Crippen LogP contribution in [0.25, 0.3) is 0 Å². The highest BCUT2D eigenvalue weighted by atomic mass is 19.1. The van der Waals surface area contributed by atoms with Crippen LogP contribution in [-0.2, 0) is 20.9 Å². The molecule has 2 aliphatic rings. The summed E-state index contributed by atoms with van der Waals surface area (Å²) in [5.41, 5.74) is 4.13. The van der Waals surface area contributed by atoms with Gasteiger partial charge in [-0.3, -0.25) is 4.79 Å². The number of carbonyl (C=O) groups is 2. The monoisotopic (exact) mass is 451 g/mol. The van der Waals surface area contributed by atoms with Crippen LogP contribution < -0.4 is 14.8 Å². The van der Waals surface area contributed by atoms with E-state index in [-0.39, 0.29) is 18.2 Å². The predicted octanol–water partition coefficient (Wildman–Crippen LogP) is 4.55. The number of hydrogen-bond donors (Lipinski definition) is 1. The highest BCUT2D eigenvalue weighted by Crippen LogP contribution is 2.43. The third-order valence-electron chi connectivity index (χ3n) is 6.03. The first-order valence-corrected chi connectivity index (χ1v) is 10.8. The molecule has 6 nitrogen and oxygen atoms in total. The maximum Gasteiger partial charge on any atom is 0.336 e. The number of hydrogen-bond acceptors (Lipinski definition) is 6. The quantitative estimate of drug-likeness (QED) is 0.650. The van der Waals surface area contributed by atoms with Crippen molar-refractivity contribution in [3.63, 3.8) is 0 Å². The Hall–Kier alpha value is -3.61. The minimum Gasteiger partial charge on any atom is -0.496 e. The van der Waals surface area contributed by atoms with Crippen molar-refractivity contribution in [3.05, 3.63) is 81.9 Å². The molecule has 0 bridgehead atoms. The first-order chi connectivity index (χ1) is 15.9. The summed E-state index contributed by atoms with van der Waals surface area (Å²) in [5, 5.41) is 3.26. The molecule has 0 amide bonds. The summed E-state index contributed by atoms with van der Waals surface area (Å²) in [5.74, 6) is -0.206. The molecule has 1 aliphatic carbocycles. The zero-order valence-electron chi connectivity index (χ0n) is 18.9. The average Bonchev–Trinajstić information content (AvgIpc) is 2.82. The number of ether oxygens (including phenoxy) is 3. The third-order valence-corrected chi connectivity index (χ3v) is 6.03. The minimum atomic E-state index is -0.539. The molecule has 1 heterocycles. The average molecular weight is 451 g/mol. The van der Waals surface area contributed by atoms with Crippen molar-refractivity contribution < 1.29 is 28.2 Å². The van der Waals surface area contributed by atoms with Crippen LogP contribution in [0, 0.1) is 5.82 Å². The molecule has 2 aromatic carbocycles. The molecule has 0 unspecified atom stereocenters. The Morgan fingerprint density at radius 1 is 1.12 bits per heavy atom. The Labute approximate surface area is 192 Å². The number of rotatable bonds is 6. The number of dihydropyridines is 1. The lowest BCUT2D eigenvalue weighted by atomic mass is 9.75. The number of esters is 1. The smallest absolute Gasteiger partial charge is 0.336 e. The number of carbonyl (C=O) groups excluding carboxylic acids is 2. The van der Waals surface area contributed by atoms with Crippen LogP contribution in [0.2, 0.25) is 0 Å². The fourth-order valence-electron chi connectivity index (χ4n) is 4.45. The predicted molar refractivity (Wildman–Crippen MR) is 120 cm³/mol. The van der Waals surface area contributed by atoms with Crippen molar-refractivity contribution in [1.82, 2.24) is 5.32 Å². The number of allylic oxidation sites excluding steroid dienone is 3. The Balaban J connectivity index is 1.71. The van der Waals surface area contributed by atoms with E-state index in [1.54, 1.807) is 19.2 Å². The fourth-order valence-corrected chi connectivity index (χ4v) is 4.45. The molecule has 0 aromatic heterocycles.